The van der Waals surface area contributed by atoms with Crippen LogP contribution in [0, 0.1) is 5.92 Å². The average molecular weight is 381 g/mol. The molecule has 148 valence electrons. The van der Waals surface area contributed by atoms with Gasteiger partial charge in [-0.3, -0.25) is 9.78 Å². The highest BCUT2D eigenvalue weighted by atomic mass is 16.3. The van der Waals surface area contributed by atoms with Crippen LogP contribution in [-0.2, 0) is 7.05 Å². The van der Waals surface area contributed by atoms with Gasteiger partial charge in [0.1, 0.15) is 5.82 Å². The molecule has 4 N–H and O–H groups in total. The Morgan fingerprint density at radius 3 is 2.75 bits per heavy atom. The number of piperidine rings is 1. The van der Waals surface area contributed by atoms with Gasteiger partial charge in [-0.05, 0) is 43.5 Å². The average Bonchev–Trinajstić information content (AvgIpc) is 2.70. The molecule has 1 aliphatic rings. The van der Waals surface area contributed by atoms with E-state index in [0.717, 1.165) is 59.5 Å². The Labute approximate surface area is 164 Å². The number of nitrogens with zero attached hydrogens (tertiary/aromatic N) is 3. The summed E-state index contributed by atoms with van der Waals surface area (Å²) < 4.78 is 1.92. The molecular formula is C21H27N5O2. The SMILES string of the molecule is Cn1cc(-c2ccc3cnc(N/C(=C/O)C4CCN(CCO)CC4)cc3c2)[nH]1. The Hall–Kier alpha value is -2.77. The van der Waals surface area contributed by atoms with Crippen LogP contribution in [0.5, 0.6) is 0 Å². The minimum Gasteiger partial charge on any atom is -0.514 e. The first kappa shape index (κ1) is 18.6. The van der Waals surface area contributed by atoms with Crippen molar-refractivity contribution in [2.45, 2.75) is 12.8 Å². The van der Waals surface area contributed by atoms with Crippen LogP contribution in [0.4, 0.5) is 5.82 Å². The smallest absolute Gasteiger partial charge is 0.130 e. The minimum atomic E-state index is 0.192. The van der Waals surface area contributed by atoms with E-state index in [4.69, 9.17) is 5.11 Å². The van der Waals surface area contributed by atoms with Crippen LogP contribution in [0.15, 0.2) is 48.6 Å². The predicted molar refractivity (Wildman–Crippen MR) is 111 cm³/mol. The van der Waals surface area contributed by atoms with E-state index in [-0.39, 0.29) is 12.5 Å². The molecule has 7 nitrogen and oxygen atoms in total. The van der Waals surface area contributed by atoms with Gasteiger partial charge in [0, 0.05) is 42.9 Å². The molecule has 0 bridgehead atoms. The highest BCUT2D eigenvalue weighted by Crippen LogP contribution is 2.28. The highest BCUT2D eigenvalue weighted by molar-refractivity contribution is 5.88. The molecule has 0 atom stereocenters. The number of aliphatic hydroxyl groups is 2. The fourth-order valence-electron chi connectivity index (χ4n) is 3.89. The van der Waals surface area contributed by atoms with Crippen LogP contribution in [0.25, 0.3) is 22.0 Å². The van der Waals surface area contributed by atoms with Gasteiger partial charge in [-0.15, -0.1) is 0 Å². The number of aliphatic hydroxyl groups excluding tert-OH is 2. The summed E-state index contributed by atoms with van der Waals surface area (Å²) in [6.45, 7) is 2.76. The molecular weight excluding hydrogens is 354 g/mol. The topological polar surface area (TPSA) is 89.3 Å². The van der Waals surface area contributed by atoms with Gasteiger partial charge in [-0.1, -0.05) is 12.1 Å². The lowest BCUT2D eigenvalue weighted by molar-refractivity contribution is 0.156. The van der Waals surface area contributed by atoms with E-state index in [1.54, 1.807) is 0 Å². The van der Waals surface area contributed by atoms with Gasteiger partial charge >= 0.3 is 0 Å². The van der Waals surface area contributed by atoms with Gasteiger partial charge < -0.3 is 20.4 Å². The number of β-amino-alcohol motifs (C(OH)–C–C–N with tert-alkyl or cyclic N) is 1. The molecule has 1 saturated heterocycles. The first-order chi connectivity index (χ1) is 13.7. The molecule has 3 aromatic rings. The summed E-state index contributed by atoms with van der Waals surface area (Å²) in [5.74, 6) is 0.999. The third-order valence-corrected chi connectivity index (χ3v) is 5.51. The fourth-order valence-corrected chi connectivity index (χ4v) is 3.89. The van der Waals surface area contributed by atoms with Crippen molar-refractivity contribution in [1.82, 2.24) is 19.7 Å². The standard InChI is InChI=1S/C21H27N5O2/c1-25-13-19(24-25)16-2-3-17-12-22-21(11-18(17)10-16)23-20(14-28)15-4-6-26(7-5-15)8-9-27/h2-3,10-15,24,27-28H,4-9H2,1H3,(H,22,23)/b20-14+. The normalized spacial score (nSPS) is 16.7. The molecule has 0 amide bonds. The highest BCUT2D eigenvalue weighted by Gasteiger charge is 2.22. The molecule has 1 aliphatic heterocycles. The van der Waals surface area contributed by atoms with Gasteiger partial charge in [-0.2, -0.15) is 0 Å². The summed E-state index contributed by atoms with van der Waals surface area (Å²) in [7, 11) is 1.97. The number of hydrogen-bond acceptors (Lipinski definition) is 5. The number of pyridine rings is 1. The zero-order valence-electron chi connectivity index (χ0n) is 16.1. The van der Waals surface area contributed by atoms with E-state index in [1.807, 2.05) is 24.0 Å². The maximum Gasteiger partial charge on any atom is 0.130 e. The molecule has 0 saturated carbocycles. The first-order valence-electron chi connectivity index (χ1n) is 9.72. The second-order valence-electron chi connectivity index (χ2n) is 7.45. The van der Waals surface area contributed by atoms with Gasteiger partial charge in [-0.25, -0.2) is 4.98 Å². The zero-order chi connectivity index (χ0) is 19.5. The van der Waals surface area contributed by atoms with Crippen molar-refractivity contribution < 1.29 is 10.2 Å². The van der Waals surface area contributed by atoms with Crippen molar-refractivity contribution in [3.05, 3.63) is 48.6 Å². The maximum atomic E-state index is 9.78. The third kappa shape index (κ3) is 3.90. The van der Waals surface area contributed by atoms with Crippen LogP contribution in [0.1, 0.15) is 12.8 Å². The summed E-state index contributed by atoms with van der Waals surface area (Å²) in [5, 5.41) is 27.6. The molecule has 0 spiro atoms. The predicted octanol–water partition coefficient (Wildman–Crippen LogP) is 3.08. The van der Waals surface area contributed by atoms with Crippen LogP contribution in [-0.4, -0.2) is 56.1 Å². The number of anilines is 1. The van der Waals surface area contributed by atoms with E-state index in [1.165, 1.54) is 6.26 Å². The summed E-state index contributed by atoms with van der Waals surface area (Å²) in [5.41, 5.74) is 3.04. The Morgan fingerprint density at radius 1 is 1.29 bits per heavy atom. The fraction of sp³-hybridized carbons (Fsp3) is 0.381. The Kier molecular flexibility index (Phi) is 5.36. The molecule has 0 aliphatic carbocycles. The molecule has 2 aromatic heterocycles. The molecule has 7 heteroatoms. The molecule has 0 unspecified atom stereocenters. The maximum absolute atomic E-state index is 9.78. The summed E-state index contributed by atoms with van der Waals surface area (Å²) in [4.78, 5) is 6.76. The number of fused-ring (bicyclic) bond motifs is 1. The third-order valence-electron chi connectivity index (χ3n) is 5.51. The summed E-state index contributed by atoms with van der Waals surface area (Å²) >= 11 is 0. The summed E-state index contributed by atoms with van der Waals surface area (Å²) in [6.07, 6.45) is 6.98. The van der Waals surface area contributed by atoms with Crippen molar-refractivity contribution in [3.63, 3.8) is 0 Å². The molecule has 28 heavy (non-hydrogen) atoms. The zero-order valence-corrected chi connectivity index (χ0v) is 16.1. The lowest BCUT2D eigenvalue weighted by Gasteiger charge is -2.32. The lowest BCUT2D eigenvalue weighted by atomic mass is 9.93. The van der Waals surface area contributed by atoms with Crippen molar-refractivity contribution in [3.8, 4) is 11.3 Å². The van der Waals surface area contributed by atoms with Crippen molar-refractivity contribution in [2.75, 3.05) is 31.6 Å². The van der Waals surface area contributed by atoms with Gasteiger partial charge in [0.15, 0.2) is 0 Å². The van der Waals surface area contributed by atoms with Crippen molar-refractivity contribution in [1.29, 1.82) is 0 Å². The van der Waals surface area contributed by atoms with Crippen LogP contribution in [0.2, 0.25) is 0 Å². The summed E-state index contributed by atoms with van der Waals surface area (Å²) in [6, 6.07) is 8.32. The van der Waals surface area contributed by atoms with E-state index < -0.39 is 0 Å². The number of aryl methyl sites for hydroxylation is 1. The Bertz CT molecular complexity index is 954. The van der Waals surface area contributed by atoms with Crippen molar-refractivity contribution >= 4 is 16.6 Å². The van der Waals surface area contributed by atoms with Gasteiger partial charge in [0.05, 0.1) is 24.3 Å². The second-order valence-corrected chi connectivity index (χ2v) is 7.45. The number of hydrogen-bond donors (Lipinski definition) is 4. The van der Waals surface area contributed by atoms with E-state index in [2.05, 4.69) is 44.7 Å². The Balaban J connectivity index is 1.49. The number of rotatable bonds is 6. The number of nitrogens with one attached hydrogen (secondary N) is 2. The number of H-pyrrole nitrogens is 1. The Morgan fingerprint density at radius 2 is 2.07 bits per heavy atom. The monoisotopic (exact) mass is 381 g/mol. The van der Waals surface area contributed by atoms with Gasteiger partial charge in [0.2, 0.25) is 0 Å². The molecule has 1 fully saturated rings. The molecule has 4 rings (SSSR count). The van der Waals surface area contributed by atoms with E-state index >= 15 is 0 Å². The van der Waals surface area contributed by atoms with Crippen LogP contribution in [0.3, 0.4) is 0 Å². The van der Waals surface area contributed by atoms with Crippen LogP contribution < -0.4 is 5.32 Å². The van der Waals surface area contributed by atoms with Crippen molar-refractivity contribution in [2.24, 2.45) is 13.0 Å². The van der Waals surface area contributed by atoms with Gasteiger partial charge in [0.25, 0.3) is 0 Å². The van der Waals surface area contributed by atoms with Crippen LogP contribution >= 0.6 is 0 Å². The number of allylic oxidation sites excluding steroid dienone is 1. The quantitative estimate of drug-likeness (QED) is 0.493. The molecule has 1 aromatic carbocycles. The number of aromatic amines is 1. The number of aromatic nitrogens is 3. The lowest BCUT2D eigenvalue weighted by Crippen LogP contribution is -2.36. The molecule has 3 heterocycles. The second kappa shape index (κ2) is 8.08. The number of likely N-dealkylation sites (tertiary alicyclic amines) is 1. The van der Waals surface area contributed by atoms with E-state index in [0.29, 0.717) is 6.54 Å². The molecule has 0 radical (unpaired) electrons. The van der Waals surface area contributed by atoms with E-state index in [9.17, 15) is 5.11 Å². The number of benzene rings is 1. The minimum absolute atomic E-state index is 0.192. The first-order valence-corrected chi connectivity index (χ1v) is 9.72. The largest absolute Gasteiger partial charge is 0.514 e.